The number of nitrogens with two attached hydrogens (primary N) is 1. The van der Waals surface area contributed by atoms with E-state index in [0.29, 0.717) is 29.5 Å². The molecular weight excluding hydrogens is 200 g/mol. The van der Waals surface area contributed by atoms with Gasteiger partial charge in [-0.15, -0.1) is 0 Å². The van der Waals surface area contributed by atoms with Crippen molar-refractivity contribution in [2.24, 2.45) is 5.73 Å². The van der Waals surface area contributed by atoms with Crippen LogP contribution in [0.15, 0.2) is 16.5 Å². The SMILES string of the molecule is Cc1ccc(C(=O)NCCC(N)=S)o1. The van der Waals surface area contributed by atoms with Crippen LogP contribution in [0.3, 0.4) is 0 Å². The van der Waals surface area contributed by atoms with Crippen LogP contribution in [-0.2, 0) is 0 Å². The van der Waals surface area contributed by atoms with Gasteiger partial charge in [0.25, 0.3) is 5.91 Å². The van der Waals surface area contributed by atoms with Gasteiger partial charge in [-0.3, -0.25) is 4.79 Å². The zero-order valence-electron chi connectivity index (χ0n) is 7.87. The summed E-state index contributed by atoms with van der Waals surface area (Å²) in [5.41, 5.74) is 5.28. The Morgan fingerprint density at radius 1 is 1.64 bits per heavy atom. The molecule has 5 heteroatoms. The molecule has 0 fully saturated rings. The second-order valence-electron chi connectivity index (χ2n) is 2.88. The molecular formula is C9H12N2O2S. The van der Waals surface area contributed by atoms with E-state index in [9.17, 15) is 4.79 Å². The fraction of sp³-hybridized carbons (Fsp3) is 0.333. The number of amides is 1. The van der Waals surface area contributed by atoms with Crippen LogP contribution >= 0.6 is 12.2 Å². The average Bonchev–Trinajstić information content (AvgIpc) is 2.51. The van der Waals surface area contributed by atoms with Crippen molar-refractivity contribution in [1.29, 1.82) is 0 Å². The summed E-state index contributed by atoms with van der Waals surface area (Å²) in [5, 5.41) is 2.64. The van der Waals surface area contributed by atoms with Gasteiger partial charge in [0.15, 0.2) is 5.76 Å². The first-order valence-corrected chi connectivity index (χ1v) is 4.63. The molecule has 4 nitrogen and oxygen atoms in total. The lowest BCUT2D eigenvalue weighted by molar-refractivity contribution is 0.0926. The highest BCUT2D eigenvalue weighted by molar-refractivity contribution is 7.80. The summed E-state index contributed by atoms with van der Waals surface area (Å²) in [4.78, 5) is 11.7. The normalized spacial score (nSPS) is 9.79. The van der Waals surface area contributed by atoms with Gasteiger partial charge in [0.05, 0.1) is 4.99 Å². The van der Waals surface area contributed by atoms with Gasteiger partial charge in [-0.1, -0.05) is 12.2 Å². The van der Waals surface area contributed by atoms with Gasteiger partial charge < -0.3 is 15.5 Å². The standard InChI is InChI=1S/C9H12N2O2S/c1-6-2-3-7(13-6)9(12)11-5-4-8(10)14/h2-3H,4-5H2,1H3,(H2,10,14)(H,11,12). The van der Waals surface area contributed by atoms with Gasteiger partial charge in [-0.05, 0) is 19.1 Å². The molecule has 3 N–H and O–H groups in total. The van der Waals surface area contributed by atoms with Crippen molar-refractivity contribution in [2.75, 3.05) is 6.54 Å². The summed E-state index contributed by atoms with van der Waals surface area (Å²) in [6.07, 6.45) is 0.501. The molecule has 0 saturated heterocycles. The van der Waals surface area contributed by atoms with Crippen molar-refractivity contribution < 1.29 is 9.21 Å². The summed E-state index contributed by atoms with van der Waals surface area (Å²) in [6, 6.07) is 3.37. The number of carbonyl (C=O) groups is 1. The summed E-state index contributed by atoms with van der Waals surface area (Å²) in [6.45, 7) is 2.22. The lowest BCUT2D eigenvalue weighted by atomic mass is 10.4. The van der Waals surface area contributed by atoms with Crippen LogP contribution in [0.1, 0.15) is 22.7 Å². The molecule has 1 heterocycles. The van der Waals surface area contributed by atoms with Crippen LogP contribution in [0, 0.1) is 6.92 Å². The van der Waals surface area contributed by atoms with E-state index < -0.39 is 0 Å². The Kier molecular flexibility index (Phi) is 3.64. The maximum atomic E-state index is 11.4. The van der Waals surface area contributed by atoms with Crippen molar-refractivity contribution in [3.05, 3.63) is 23.7 Å². The van der Waals surface area contributed by atoms with Crippen LogP contribution in [0.5, 0.6) is 0 Å². The Hall–Kier alpha value is -1.36. The Balaban J connectivity index is 2.39. The highest BCUT2D eigenvalue weighted by Crippen LogP contribution is 2.05. The third-order valence-electron chi connectivity index (χ3n) is 1.62. The van der Waals surface area contributed by atoms with E-state index >= 15 is 0 Å². The minimum atomic E-state index is -0.241. The van der Waals surface area contributed by atoms with E-state index in [4.69, 9.17) is 10.2 Å². The van der Waals surface area contributed by atoms with Gasteiger partial charge in [-0.2, -0.15) is 0 Å². The van der Waals surface area contributed by atoms with Gasteiger partial charge >= 0.3 is 0 Å². The maximum Gasteiger partial charge on any atom is 0.287 e. The zero-order valence-corrected chi connectivity index (χ0v) is 8.69. The fourth-order valence-electron chi connectivity index (χ4n) is 0.943. The predicted octanol–water partition coefficient (Wildman–Crippen LogP) is 0.994. The van der Waals surface area contributed by atoms with Crippen LogP contribution < -0.4 is 11.1 Å². The highest BCUT2D eigenvalue weighted by Gasteiger charge is 2.08. The molecule has 14 heavy (non-hydrogen) atoms. The summed E-state index contributed by atoms with van der Waals surface area (Å²) in [7, 11) is 0. The molecule has 1 amide bonds. The fourth-order valence-corrected chi connectivity index (χ4v) is 1.04. The Morgan fingerprint density at radius 3 is 2.86 bits per heavy atom. The van der Waals surface area contributed by atoms with Crippen LogP contribution in [0.4, 0.5) is 0 Å². The molecule has 0 saturated carbocycles. The molecule has 0 bridgehead atoms. The number of hydrogen-bond donors (Lipinski definition) is 2. The van der Waals surface area contributed by atoms with E-state index in [2.05, 4.69) is 17.5 Å². The smallest absolute Gasteiger partial charge is 0.287 e. The Bertz CT molecular complexity index is 346. The second kappa shape index (κ2) is 4.76. The van der Waals surface area contributed by atoms with Crippen molar-refractivity contribution in [3.8, 4) is 0 Å². The molecule has 1 rings (SSSR count). The van der Waals surface area contributed by atoms with E-state index in [1.165, 1.54) is 0 Å². The largest absolute Gasteiger partial charge is 0.456 e. The first kappa shape index (κ1) is 10.7. The van der Waals surface area contributed by atoms with Crippen molar-refractivity contribution >= 4 is 23.1 Å². The van der Waals surface area contributed by atoms with Crippen LogP contribution in [-0.4, -0.2) is 17.4 Å². The molecule has 1 aromatic heterocycles. The lowest BCUT2D eigenvalue weighted by Crippen LogP contribution is -2.26. The Morgan fingerprint density at radius 2 is 2.36 bits per heavy atom. The third-order valence-corrected chi connectivity index (χ3v) is 1.83. The van der Waals surface area contributed by atoms with Gasteiger partial charge in [0.2, 0.25) is 0 Å². The Labute approximate surface area is 87.5 Å². The van der Waals surface area contributed by atoms with Crippen LogP contribution in [0.2, 0.25) is 0 Å². The third kappa shape index (κ3) is 3.18. The molecule has 0 aliphatic heterocycles. The van der Waals surface area contributed by atoms with Gasteiger partial charge in [0.1, 0.15) is 5.76 Å². The zero-order chi connectivity index (χ0) is 10.6. The number of rotatable bonds is 4. The molecule has 0 atom stereocenters. The van der Waals surface area contributed by atoms with Crippen LogP contribution in [0.25, 0.3) is 0 Å². The number of aryl methyl sites for hydroxylation is 1. The van der Waals surface area contributed by atoms with Gasteiger partial charge in [0, 0.05) is 13.0 Å². The van der Waals surface area contributed by atoms with E-state index in [0.717, 1.165) is 0 Å². The van der Waals surface area contributed by atoms with Gasteiger partial charge in [-0.25, -0.2) is 0 Å². The van der Waals surface area contributed by atoms with Crippen molar-refractivity contribution in [2.45, 2.75) is 13.3 Å². The first-order valence-electron chi connectivity index (χ1n) is 4.22. The van der Waals surface area contributed by atoms with Crippen molar-refractivity contribution in [1.82, 2.24) is 5.32 Å². The molecule has 0 spiro atoms. The highest BCUT2D eigenvalue weighted by atomic mass is 32.1. The molecule has 0 aromatic carbocycles. The molecule has 0 aliphatic rings. The van der Waals surface area contributed by atoms with Crippen molar-refractivity contribution in [3.63, 3.8) is 0 Å². The topological polar surface area (TPSA) is 68.3 Å². The molecule has 0 unspecified atom stereocenters. The lowest BCUT2D eigenvalue weighted by Gasteiger charge is -2.01. The minimum absolute atomic E-state index is 0.241. The summed E-state index contributed by atoms with van der Waals surface area (Å²) < 4.78 is 5.13. The van der Waals surface area contributed by atoms with E-state index in [1.807, 2.05) is 0 Å². The van der Waals surface area contributed by atoms with E-state index in [-0.39, 0.29) is 5.91 Å². The monoisotopic (exact) mass is 212 g/mol. The first-order chi connectivity index (χ1) is 6.59. The molecule has 0 aliphatic carbocycles. The number of nitrogens with one attached hydrogen (secondary N) is 1. The number of carbonyl (C=O) groups excluding carboxylic acids is 1. The maximum absolute atomic E-state index is 11.4. The summed E-state index contributed by atoms with van der Waals surface area (Å²) >= 11 is 4.67. The second-order valence-corrected chi connectivity index (χ2v) is 3.41. The minimum Gasteiger partial charge on any atom is -0.456 e. The molecule has 1 aromatic rings. The quantitative estimate of drug-likeness (QED) is 0.730. The number of furan rings is 1. The molecule has 76 valence electrons. The average molecular weight is 212 g/mol. The summed E-state index contributed by atoms with van der Waals surface area (Å²) in [5.74, 6) is 0.782. The number of thiocarbonyl (C=S) groups is 1. The number of hydrogen-bond acceptors (Lipinski definition) is 3. The molecule has 0 radical (unpaired) electrons. The predicted molar refractivity (Wildman–Crippen MR) is 57.2 cm³/mol. The van der Waals surface area contributed by atoms with E-state index in [1.54, 1.807) is 19.1 Å².